The average molecular weight is 659 g/mol. The van der Waals surface area contributed by atoms with Crippen LogP contribution in [0.25, 0.3) is 88.3 Å². The van der Waals surface area contributed by atoms with Gasteiger partial charge in [0, 0.05) is 0 Å². The van der Waals surface area contributed by atoms with Crippen LogP contribution < -0.4 is 0 Å². The first-order chi connectivity index (χ1) is 25.8. The van der Waals surface area contributed by atoms with E-state index in [4.69, 9.17) is 0 Å². The van der Waals surface area contributed by atoms with E-state index in [2.05, 4.69) is 182 Å². The minimum Gasteiger partial charge on any atom is -0.0622 e. The van der Waals surface area contributed by atoms with E-state index in [9.17, 15) is 0 Å². The van der Waals surface area contributed by atoms with Gasteiger partial charge in [-0.05, 0) is 123 Å². The molecule has 0 amide bonds. The van der Waals surface area contributed by atoms with Crippen LogP contribution in [0.5, 0.6) is 0 Å². The maximum absolute atomic E-state index is 2.47. The molecule has 0 heterocycles. The Labute approximate surface area is 304 Å². The molecule has 0 radical (unpaired) electrons. The summed E-state index contributed by atoms with van der Waals surface area (Å²) >= 11 is 0. The van der Waals surface area contributed by atoms with Gasteiger partial charge in [-0.2, -0.15) is 0 Å². The average Bonchev–Trinajstić information content (AvgIpc) is 3.78. The fraction of sp³-hybridized carbons (Fsp3) is 0.0385. The lowest BCUT2D eigenvalue weighted by atomic mass is 9.85. The summed E-state index contributed by atoms with van der Waals surface area (Å²) in [4.78, 5) is 0. The largest absolute Gasteiger partial charge is 0.0622 e. The van der Waals surface area contributed by atoms with Gasteiger partial charge in [0.1, 0.15) is 0 Å². The van der Waals surface area contributed by atoms with Crippen LogP contribution >= 0.6 is 0 Å². The van der Waals surface area contributed by atoms with E-state index in [0.717, 1.165) is 12.8 Å². The van der Waals surface area contributed by atoms with Crippen LogP contribution in [0.15, 0.2) is 182 Å². The monoisotopic (exact) mass is 658 g/mol. The lowest BCUT2D eigenvalue weighted by molar-refractivity contribution is 1.26. The minimum absolute atomic E-state index is 0.945. The molecule has 0 atom stereocenters. The lowest BCUT2D eigenvalue weighted by Gasteiger charge is -2.18. The maximum Gasteiger partial charge on any atom is -0.000706 e. The zero-order valence-electron chi connectivity index (χ0n) is 28.7. The zero-order chi connectivity index (χ0) is 34.2. The molecule has 0 aromatic heterocycles. The highest BCUT2D eigenvalue weighted by molar-refractivity contribution is 6.21. The molecule has 2 aliphatic carbocycles. The molecule has 0 nitrogen and oxygen atoms in total. The Morgan fingerprint density at radius 2 is 0.615 bits per heavy atom. The molecule has 2 aliphatic rings. The summed E-state index contributed by atoms with van der Waals surface area (Å²) in [7, 11) is 0. The molecule has 52 heavy (non-hydrogen) atoms. The highest BCUT2D eigenvalue weighted by Crippen LogP contribution is 2.49. The Morgan fingerprint density at radius 3 is 1.02 bits per heavy atom. The number of benzene rings is 9. The van der Waals surface area contributed by atoms with Crippen molar-refractivity contribution in [2.45, 2.75) is 12.8 Å². The Balaban J connectivity index is 1.05. The smallest absolute Gasteiger partial charge is 0.000706 e. The Hall–Kier alpha value is -6.50. The number of hydrogen-bond acceptors (Lipinski definition) is 0. The molecule has 0 saturated heterocycles. The van der Waals surface area contributed by atoms with Crippen molar-refractivity contribution in [1.82, 2.24) is 0 Å². The van der Waals surface area contributed by atoms with Gasteiger partial charge in [-0.3, -0.25) is 0 Å². The summed E-state index contributed by atoms with van der Waals surface area (Å²) in [6.45, 7) is 0. The summed E-state index contributed by atoms with van der Waals surface area (Å²) in [5.74, 6) is 0. The fourth-order valence-electron chi connectivity index (χ4n) is 9.28. The van der Waals surface area contributed by atoms with Crippen molar-refractivity contribution in [2.24, 2.45) is 0 Å². The van der Waals surface area contributed by atoms with E-state index in [1.54, 1.807) is 0 Å². The van der Waals surface area contributed by atoms with Crippen molar-refractivity contribution < 1.29 is 0 Å². The van der Waals surface area contributed by atoms with Gasteiger partial charge < -0.3 is 0 Å². The second-order valence-corrected chi connectivity index (χ2v) is 14.3. The highest BCUT2D eigenvalue weighted by Gasteiger charge is 2.25. The molecule has 0 bridgehead atoms. The molecule has 0 unspecified atom stereocenters. The number of hydrogen-bond donors (Lipinski definition) is 0. The summed E-state index contributed by atoms with van der Waals surface area (Å²) in [6.07, 6.45) is 1.89. The summed E-state index contributed by atoms with van der Waals surface area (Å²) < 4.78 is 0. The predicted octanol–water partition coefficient (Wildman–Crippen LogP) is 13.8. The second kappa shape index (κ2) is 11.5. The first-order valence-electron chi connectivity index (χ1n) is 18.4. The van der Waals surface area contributed by atoms with Gasteiger partial charge in [0.25, 0.3) is 0 Å². The van der Waals surface area contributed by atoms with Crippen molar-refractivity contribution in [3.8, 4) is 66.8 Å². The van der Waals surface area contributed by atoms with E-state index >= 15 is 0 Å². The van der Waals surface area contributed by atoms with Gasteiger partial charge in [-0.15, -0.1) is 0 Å². The van der Waals surface area contributed by atoms with Gasteiger partial charge in [-0.1, -0.05) is 182 Å². The molecular weight excluding hydrogens is 625 g/mol. The molecule has 0 N–H and O–H groups in total. The van der Waals surface area contributed by atoms with Gasteiger partial charge >= 0.3 is 0 Å². The normalized spacial score (nSPS) is 12.5. The minimum atomic E-state index is 0.945. The molecule has 0 saturated carbocycles. The quantitative estimate of drug-likeness (QED) is 0.165. The summed E-state index contributed by atoms with van der Waals surface area (Å²) in [6, 6.07) is 67.7. The van der Waals surface area contributed by atoms with Crippen LogP contribution in [0.2, 0.25) is 0 Å². The molecule has 242 valence electrons. The Bertz CT molecular complexity index is 2620. The van der Waals surface area contributed by atoms with Crippen molar-refractivity contribution in [3.63, 3.8) is 0 Å². The van der Waals surface area contributed by atoms with E-state index in [-0.39, 0.29) is 0 Å². The van der Waals surface area contributed by atoms with Crippen molar-refractivity contribution in [2.75, 3.05) is 0 Å². The fourth-order valence-corrected chi connectivity index (χ4v) is 9.28. The molecule has 0 aliphatic heterocycles. The van der Waals surface area contributed by atoms with E-state index in [0.29, 0.717) is 0 Å². The van der Waals surface area contributed by atoms with Crippen LogP contribution in [0.3, 0.4) is 0 Å². The van der Waals surface area contributed by atoms with Gasteiger partial charge in [0.15, 0.2) is 0 Å². The molecule has 0 fully saturated rings. The van der Waals surface area contributed by atoms with Crippen molar-refractivity contribution in [1.29, 1.82) is 0 Å². The second-order valence-electron chi connectivity index (χ2n) is 14.3. The van der Waals surface area contributed by atoms with Crippen LogP contribution in [0.4, 0.5) is 0 Å². The first kappa shape index (κ1) is 29.3. The molecule has 11 rings (SSSR count). The molecule has 9 aromatic rings. The van der Waals surface area contributed by atoms with Crippen LogP contribution in [0, 0.1) is 0 Å². The molecular formula is C52H34. The van der Waals surface area contributed by atoms with Crippen molar-refractivity contribution >= 4 is 21.5 Å². The summed E-state index contributed by atoms with van der Waals surface area (Å²) in [5.41, 5.74) is 21.6. The van der Waals surface area contributed by atoms with Crippen molar-refractivity contribution in [3.05, 3.63) is 204 Å². The molecule has 9 aromatic carbocycles. The third kappa shape index (κ3) is 4.41. The third-order valence-electron chi connectivity index (χ3n) is 11.6. The van der Waals surface area contributed by atoms with Gasteiger partial charge in [0.2, 0.25) is 0 Å². The van der Waals surface area contributed by atoms with E-state index in [1.165, 1.54) is 111 Å². The van der Waals surface area contributed by atoms with Gasteiger partial charge in [0.05, 0.1) is 0 Å². The van der Waals surface area contributed by atoms with Crippen LogP contribution in [-0.2, 0) is 12.8 Å². The standard InChI is InChI=1S/C52H34/c1-3-13-33(14-4-1)39-21-11-23-43-41-27-25-35(29-37(41)31-49(39)43)51-45-17-7-9-19-47(45)52(48-20-10-8-18-46(48)51)36-26-28-42-38(30-36)32-50-40(22-12-24-44(42)50)34-15-5-2-6-16-34/h1-30H,31-32H2. The van der Waals surface area contributed by atoms with Crippen LogP contribution in [0.1, 0.15) is 22.3 Å². The SMILES string of the molecule is c1ccc(-c2cccc3c2Cc2cc(-c4c5ccccc5c(-c5ccc6c(c5)Cc5c(-c7ccccc7)cccc5-6)c5ccccc45)ccc2-3)cc1. The summed E-state index contributed by atoms with van der Waals surface area (Å²) in [5, 5.41) is 5.19. The molecule has 0 heteroatoms. The van der Waals surface area contributed by atoms with Crippen LogP contribution in [-0.4, -0.2) is 0 Å². The van der Waals surface area contributed by atoms with Gasteiger partial charge in [-0.25, -0.2) is 0 Å². The number of fused-ring (bicyclic) bond motifs is 8. The third-order valence-corrected chi connectivity index (χ3v) is 11.6. The lowest BCUT2D eigenvalue weighted by Crippen LogP contribution is -1.92. The van der Waals surface area contributed by atoms with E-state index < -0.39 is 0 Å². The molecule has 0 spiro atoms. The first-order valence-corrected chi connectivity index (χ1v) is 18.4. The maximum atomic E-state index is 2.47. The number of rotatable bonds is 4. The highest BCUT2D eigenvalue weighted by atomic mass is 14.3. The Kier molecular flexibility index (Phi) is 6.48. The predicted molar refractivity (Wildman–Crippen MR) is 220 cm³/mol. The topological polar surface area (TPSA) is 0 Å². The Morgan fingerprint density at radius 1 is 0.250 bits per heavy atom. The van der Waals surface area contributed by atoms with E-state index in [1.807, 2.05) is 0 Å². The zero-order valence-corrected chi connectivity index (χ0v) is 28.7.